The van der Waals surface area contributed by atoms with Crippen LogP contribution in [0.15, 0.2) is 0 Å². The summed E-state index contributed by atoms with van der Waals surface area (Å²) in [6, 6.07) is 0. The highest BCUT2D eigenvalue weighted by Gasteiger charge is 2.36. The predicted molar refractivity (Wildman–Crippen MR) is 52.8 cm³/mol. The smallest absolute Gasteiger partial charge is 0.211 e. The molecule has 1 aliphatic carbocycles. The van der Waals surface area contributed by atoms with Crippen molar-refractivity contribution < 1.29 is 8.42 Å². The van der Waals surface area contributed by atoms with Gasteiger partial charge < -0.3 is 5.73 Å². The highest BCUT2D eigenvalue weighted by Crippen LogP contribution is 2.39. The Kier molecular flexibility index (Phi) is 3.32. The predicted octanol–water partition coefficient (Wildman–Crippen LogP) is 0.0547. The van der Waals surface area contributed by atoms with Crippen molar-refractivity contribution in [3.63, 3.8) is 0 Å². The van der Waals surface area contributed by atoms with Crippen LogP contribution in [0.4, 0.5) is 0 Å². The molecule has 1 aliphatic rings. The first-order valence-corrected chi connectivity index (χ1v) is 6.36. The van der Waals surface area contributed by atoms with Gasteiger partial charge in [0.05, 0.1) is 5.75 Å². The van der Waals surface area contributed by atoms with Crippen molar-refractivity contribution in [2.75, 3.05) is 18.8 Å². The van der Waals surface area contributed by atoms with E-state index in [4.69, 9.17) is 5.73 Å². The van der Waals surface area contributed by atoms with E-state index in [2.05, 4.69) is 4.72 Å². The summed E-state index contributed by atoms with van der Waals surface area (Å²) in [5.41, 5.74) is 5.66. The van der Waals surface area contributed by atoms with E-state index in [1.807, 2.05) is 0 Å². The van der Waals surface area contributed by atoms with Crippen molar-refractivity contribution in [3.05, 3.63) is 0 Å². The molecule has 0 spiro atoms. The van der Waals surface area contributed by atoms with Gasteiger partial charge in [-0.3, -0.25) is 0 Å². The van der Waals surface area contributed by atoms with Crippen LogP contribution in [0.5, 0.6) is 0 Å². The zero-order valence-electron chi connectivity index (χ0n) is 8.04. The number of nitrogens with one attached hydrogen (secondary N) is 1. The third kappa shape index (κ3) is 2.65. The lowest BCUT2D eigenvalue weighted by atomic mass is 9.69. The van der Waals surface area contributed by atoms with E-state index >= 15 is 0 Å². The summed E-state index contributed by atoms with van der Waals surface area (Å²) in [5, 5.41) is 0. The lowest BCUT2D eigenvalue weighted by Gasteiger charge is -2.40. The van der Waals surface area contributed by atoms with Gasteiger partial charge in [-0.25, -0.2) is 13.1 Å². The molecule has 5 heteroatoms. The van der Waals surface area contributed by atoms with Gasteiger partial charge in [0.25, 0.3) is 0 Å². The summed E-state index contributed by atoms with van der Waals surface area (Å²) >= 11 is 0. The van der Waals surface area contributed by atoms with Crippen LogP contribution in [0.3, 0.4) is 0 Å². The number of hydrogen-bond donors (Lipinski definition) is 2. The van der Waals surface area contributed by atoms with Crippen LogP contribution < -0.4 is 10.5 Å². The van der Waals surface area contributed by atoms with Crippen molar-refractivity contribution in [3.8, 4) is 0 Å². The normalized spacial score (nSPS) is 21.1. The molecule has 1 fully saturated rings. The highest BCUT2D eigenvalue weighted by atomic mass is 32.2. The van der Waals surface area contributed by atoms with Gasteiger partial charge in [-0.2, -0.15) is 0 Å². The van der Waals surface area contributed by atoms with Crippen molar-refractivity contribution in [1.29, 1.82) is 0 Å². The van der Waals surface area contributed by atoms with E-state index in [1.165, 1.54) is 6.42 Å². The second kappa shape index (κ2) is 3.94. The number of nitrogens with two attached hydrogens (primary N) is 1. The Bertz CT molecular complexity index is 252. The topological polar surface area (TPSA) is 72.2 Å². The van der Waals surface area contributed by atoms with Crippen molar-refractivity contribution >= 4 is 10.0 Å². The molecule has 1 rings (SSSR count). The van der Waals surface area contributed by atoms with Crippen molar-refractivity contribution in [2.24, 2.45) is 11.1 Å². The molecule has 0 amide bonds. The zero-order chi connectivity index (χ0) is 9.95. The molecular formula is C8H18N2O2S. The van der Waals surface area contributed by atoms with E-state index < -0.39 is 10.0 Å². The number of sulfonamides is 1. The third-order valence-corrected chi connectivity index (χ3v) is 4.24. The van der Waals surface area contributed by atoms with Crippen LogP contribution in [-0.2, 0) is 10.0 Å². The van der Waals surface area contributed by atoms with Gasteiger partial charge in [0.2, 0.25) is 10.0 Å². The zero-order valence-corrected chi connectivity index (χ0v) is 8.86. The first kappa shape index (κ1) is 10.9. The molecular weight excluding hydrogens is 188 g/mol. The van der Waals surface area contributed by atoms with Gasteiger partial charge in [-0.05, 0) is 31.7 Å². The second-order valence-electron chi connectivity index (χ2n) is 3.78. The fraction of sp³-hybridized carbons (Fsp3) is 1.00. The van der Waals surface area contributed by atoms with E-state index in [1.54, 1.807) is 6.92 Å². The van der Waals surface area contributed by atoms with E-state index in [0.717, 1.165) is 12.8 Å². The summed E-state index contributed by atoms with van der Waals surface area (Å²) in [6.07, 6.45) is 3.27. The summed E-state index contributed by atoms with van der Waals surface area (Å²) in [7, 11) is -3.04. The quantitative estimate of drug-likeness (QED) is 0.668. The Hall–Kier alpha value is -0.130. The molecule has 1 saturated carbocycles. The highest BCUT2D eigenvalue weighted by molar-refractivity contribution is 7.89. The molecule has 13 heavy (non-hydrogen) atoms. The standard InChI is InChI=1S/C8H18N2O2S/c1-2-13(11,12)10-7-8(6-9)4-3-5-8/h10H,2-7,9H2,1H3. The molecule has 3 N–H and O–H groups in total. The van der Waals surface area contributed by atoms with E-state index in [-0.39, 0.29) is 11.2 Å². The molecule has 0 aromatic carbocycles. The second-order valence-corrected chi connectivity index (χ2v) is 5.88. The van der Waals surface area contributed by atoms with Gasteiger partial charge in [0, 0.05) is 6.54 Å². The average molecular weight is 206 g/mol. The van der Waals surface area contributed by atoms with Crippen LogP contribution >= 0.6 is 0 Å². The molecule has 0 aliphatic heterocycles. The first-order valence-electron chi connectivity index (χ1n) is 4.71. The van der Waals surface area contributed by atoms with Gasteiger partial charge in [-0.15, -0.1) is 0 Å². The van der Waals surface area contributed by atoms with Gasteiger partial charge in [-0.1, -0.05) is 6.42 Å². The van der Waals surface area contributed by atoms with Gasteiger partial charge in [0.15, 0.2) is 0 Å². The van der Waals surface area contributed by atoms with Crippen LogP contribution in [0.2, 0.25) is 0 Å². The molecule has 4 nitrogen and oxygen atoms in total. The van der Waals surface area contributed by atoms with Gasteiger partial charge in [0.1, 0.15) is 0 Å². The van der Waals surface area contributed by atoms with Crippen LogP contribution in [-0.4, -0.2) is 27.3 Å². The Morgan fingerprint density at radius 2 is 2.08 bits per heavy atom. The summed E-state index contributed by atoms with van der Waals surface area (Å²) < 4.78 is 24.9. The lowest BCUT2D eigenvalue weighted by molar-refractivity contribution is 0.150. The fourth-order valence-corrected chi connectivity index (χ4v) is 2.23. The van der Waals surface area contributed by atoms with Crippen molar-refractivity contribution in [1.82, 2.24) is 4.72 Å². The molecule has 0 heterocycles. The Morgan fingerprint density at radius 1 is 1.46 bits per heavy atom. The molecule has 0 bridgehead atoms. The molecule has 0 radical (unpaired) electrons. The Balaban J connectivity index is 2.41. The summed E-state index contributed by atoms with van der Waals surface area (Å²) in [4.78, 5) is 0. The largest absolute Gasteiger partial charge is 0.330 e. The molecule has 0 unspecified atom stereocenters. The number of hydrogen-bond acceptors (Lipinski definition) is 3. The van der Waals surface area contributed by atoms with Gasteiger partial charge >= 0.3 is 0 Å². The summed E-state index contributed by atoms with van der Waals surface area (Å²) in [6.45, 7) is 2.73. The third-order valence-electron chi connectivity index (χ3n) is 2.89. The van der Waals surface area contributed by atoms with E-state index in [9.17, 15) is 8.42 Å². The molecule has 0 aromatic rings. The maximum atomic E-state index is 11.1. The van der Waals surface area contributed by atoms with Crippen molar-refractivity contribution in [2.45, 2.75) is 26.2 Å². The molecule has 78 valence electrons. The lowest BCUT2D eigenvalue weighted by Crippen LogP contribution is -2.47. The fourth-order valence-electron chi connectivity index (χ4n) is 1.49. The van der Waals surface area contributed by atoms with Crippen LogP contribution in [0.1, 0.15) is 26.2 Å². The average Bonchev–Trinajstić information content (AvgIpc) is 2.03. The maximum absolute atomic E-state index is 11.1. The Morgan fingerprint density at radius 3 is 2.38 bits per heavy atom. The van der Waals surface area contributed by atoms with Crippen LogP contribution in [0.25, 0.3) is 0 Å². The summed E-state index contributed by atoms with van der Waals surface area (Å²) in [5.74, 6) is 0.146. The minimum absolute atomic E-state index is 0.0578. The number of rotatable bonds is 5. The maximum Gasteiger partial charge on any atom is 0.211 e. The molecule has 0 atom stereocenters. The minimum Gasteiger partial charge on any atom is -0.330 e. The molecule has 0 aromatic heterocycles. The minimum atomic E-state index is -3.04. The monoisotopic (exact) mass is 206 g/mol. The first-order chi connectivity index (χ1) is 6.04. The SMILES string of the molecule is CCS(=O)(=O)NCC1(CN)CCC1. The van der Waals surface area contributed by atoms with Crippen LogP contribution in [0, 0.1) is 5.41 Å². The molecule has 0 saturated heterocycles. The Labute approximate surface area is 79.9 Å². The van der Waals surface area contributed by atoms with E-state index in [0.29, 0.717) is 13.1 Å².